The van der Waals surface area contributed by atoms with Crippen molar-refractivity contribution in [3.8, 4) is 0 Å². The number of ether oxygens (including phenoxy) is 2. The number of rotatable bonds is 3. The zero-order chi connectivity index (χ0) is 12.3. The Kier molecular flexibility index (Phi) is 2.33. The molecule has 4 nitrogen and oxygen atoms in total. The summed E-state index contributed by atoms with van der Waals surface area (Å²) in [6, 6.07) is 0. The van der Waals surface area contributed by atoms with E-state index in [9.17, 15) is 4.79 Å². The van der Waals surface area contributed by atoms with Crippen molar-refractivity contribution in [1.29, 1.82) is 0 Å². The summed E-state index contributed by atoms with van der Waals surface area (Å²) in [4.78, 5) is 12.0. The van der Waals surface area contributed by atoms with Crippen molar-refractivity contribution in [3.63, 3.8) is 0 Å². The number of fused-ring (bicyclic) bond motifs is 9. The third-order valence-corrected chi connectivity index (χ3v) is 5.33. The van der Waals surface area contributed by atoms with Gasteiger partial charge in [0.2, 0.25) is 0 Å². The number of carbonyl (C=O) groups is 1. The number of esters is 1. The van der Waals surface area contributed by atoms with Gasteiger partial charge in [-0.3, -0.25) is 4.79 Å². The molecular formula is C14H18O4. The van der Waals surface area contributed by atoms with Crippen molar-refractivity contribution in [2.45, 2.75) is 25.0 Å². The molecule has 4 aliphatic rings. The molecule has 4 bridgehead atoms. The maximum absolute atomic E-state index is 12.0. The highest BCUT2D eigenvalue weighted by Crippen LogP contribution is 2.63. The van der Waals surface area contributed by atoms with Crippen LogP contribution in [0.2, 0.25) is 0 Å². The van der Waals surface area contributed by atoms with Gasteiger partial charge in [-0.2, -0.15) is 0 Å². The normalized spacial score (nSPS) is 50.8. The molecule has 0 spiro atoms. The van der Waals surface area contributed by atoms with Crippen LogP contribution in [0.4, 0.5) is 0 Å². The van der Waals surface area contributed by atoms with Crippen LogP contribution in [0.5, 0.6) is 0 Å². The molecule has 0 aromatic rings. The van der Waals surface area contributed by atoms with Crippen LogP contribution in [0, 0.1) is 29.6 Å². The zero-order valence-corrected chi connectivity index (χ0v) is 10.2. The summed E-state index contributed by atoms with van der Waals surface area (Å²) in [5.74, 6) is 2.18. The molecule has 7 unspecified atom stereocenters. The number of carbonyl (C=O) groups excluding carboxylic acids is 1. The standard InChI is InChI=1S/C14H18O4/c15-3-4-17-14(16)9-6-7-5-8(9)13-11-2-1-10(18-11)12(7)13/h1-2,7-13,15H,3-6H2. The summed E-state index contributed by atoms with van der Waals surface area (Å²) < 4.78 is 11.0. The van der Waals surface area contributed by atoms with Crippen LogP contribution in [0.15, 0.2) is 12.2 Å². The van der Waals surface area contributed by atoms with Gasteiger partial charge in [0.1, 0.15) is 6.61 Å². The Hall–Kier alpha value is -0.870. The summed E-state index contributed by atoms with van der Waals surface area (Å²) in [6.07, 6.45) is 7.03. The predicted molar refractivity (Wildman–Crippen MR) is 62.5 cm³/mol. The van der Waals surface area contributed by atoms with Crippen LogP contribution in [-0.4, -0.2) is 36.5 Å². The average Bonchev–Trinajstić information content (AvgIpc) is 3.10. The molecule has 3 fully saturated rings. The van der Waals surface area contributed by atoms with Gasteiger partial charge in [-0.25, -0.2) is 0 Å². The second-order valence-corrected chi connectivity index (χ2v) is 6.00. The topological polar surface area (TPSA) is 55.8 Å². The monoisotopic (exact) mass is 250 g/mol. The van der Waals surface area contributed by atoms with Crippen molar-refractivity contribution >= 4 is 5.97 Å². The molecule has 1 N–H and O–H groups in total. The van der Waals surface area contributed by atoms with Gasteiger partial charge < -0.3 is 14.6 Å². The molecule has 18 heavy (non-hydrogen) atoms. The highest BCUT2D eigenvalue weighted by molar-refractivity contribution is 5.73. The Morgan fingerprint density at radius 2 is 2.06 bits per heavy atom. The van der Waals surface area contributed by atoms with Gasteiger partial charge in [0.05, 0.1) is 24.7 Å². The first kappa shape index (κ1) is 11.0. The number of aliphatic hydroxyl groups excluding tert-OH is 1. The fraction of sp³-hybridized carbons (Fsp3) is 0.786. The second-order valence-electron chi connectivity index (χ2n) is 6.00. The highest BCUT2D eigenvalue weighted by Gasteiger charge is 2.63. The maximum atomic E-state index is 12.0. The second kappa shape index (κ2) is 3.81. The minimum Gasteiger partial charge on any atom is -0.463 e. The smallest absolute Gasteiger partial charge is 0.309 e. The van der Waals surface area contributed by atoms with Gasteiger partial charge in [0, 0.05) is 0 Å². The van der Waals surface area contributed by atoms with E-state index in [1.807, 2.05) is 0 Å². The summed E-state index contributed by atoms with van der Waals surface area (Å²) in [7, 11) is 0. The quantitative estimate of drug-likeness (QED) is 0.593. The lowest BCUT2D eigenvalue weighted by Crippen LogP contribution is -2.37. The van der Waals surface area contributed by atoms with E-state index in [1.165, 1.54) is 0 Å². The molecule has 2 aliphatic carbocycles. The fourth-order valence-electron chi connectivity index (χ4n) is 4.85. The van der Waals surface area contributed by atoms with Crippen LogP contribution in [0.1, 0.15) is 12.8 Å². The SMILES string of the molecule is O=C(OCCO)C1CC2CC1C1C3C=CC(O3)C21. The summed E-state index contributed by atoms with van der Waals surface area (Å²) in [5, 5.41) is 8.72. The van der Waals surface area contributed by atoms with Gasteiger partial charge in [0.15, 0.2) is 0 Å². The van der Waals surface area contributed by atoms with Gasteiger partial charge in [0.25, 0.3) is 0 Å². The molecule has 2 aliphatic heterocycles. The number of aliphatic hydroxyl groups is 1. The first-order valence-electron chi connectivity index (χ1n) is 6.91. The molecule has 0 radical (unpaired) electrons. The van der Waals surface area contributed by atoms with Crippen molar-refractivity contribution in [2.24, 2.45) is 29.6 Å². The van der Waals surface area contributed by atoms with E-state index in [-0.39, 0.29) is 31.2 Å². The first-order valence-corrected chi connectivity index (χ1v) is 6.91. The van der Waals surface area contributed by atoms with Crippen LogP contribution in [0.3, 0.4) is 0 Å². The largest absolute Gasteiger partial charge is 0.463 e. The van der Waals surface area contributed by atoms with Crippen molar-refractivity contribution < 1.29 is 19.4 Å². The van der Waals surface area contributed by atoms with E-state index in [1.54, 1.807) is 0 Å². The lowest BCUT2D eigenvalue weighted by molar-refractivity contribution is -0.152. The van der Waals surface area contributed by atoms with Crippen LogP contribution in [-0.2, 0) is 14.3 Å². The molecule has 4 rings (SSSR count). The van der Waals surface area contributed by atoms with Gasteiger partial charge in [-0.05, 0) is 36.5 Å². The predicted octanol–water partition coefficient (Wildman–Crippen LogP) is 0.748. The van der Waals surface area contributed by atoms with Crippen LogP contribution < -0.4 is 0 Å². The molecule has 98 valence electrons. The molecule has 4 heteroatoms. The molecule has 0 aromatic carbocycles. The fourth-order valence-corrected chi connectivity index (χ4v) is 4.85. The van der Waals surface area contributed by atoms with Gasteiger partial charge in [-0.15, -0.1) is 0 Å². The third kappa shape index (κ3) is 1.30. The zero-order valence-electron chi connectivity index (χ0n) is 10.2. The lowest BCUT2D eigenvalue weighted by Gasteiger charge is -2.33. The maximum Gasteiger partial charge on any atom is 0.309 e. The lowest BCUT2D eigenvalue weighted by atomic mass is 9.69. The molecule has 2 heterocycles. The Morgan fingerprint density at radius 1 is 1.28 bits per heavy atom. The molecule has 0 amide bonds. The summed E-state index contributed by atoms with van der Waals surface area (Å²) in [5.41, 5.74) is 0. The number of hydrogen-bond donors (Lipinski definition) is 1. The van der Waals surface area contributed by atoms with Gasteiger partial charge >= 0.3 is 5.97 Å². The molecule has 1 saturated heterocycles. The van der Waals surface area contributed by atoms with Crippen LogP contribution >= 0.6 is 0 Å². The number of hydrogen-bond acceptors (Lipinski definition) is 4. The Bertz CT molecular complexity index is 405. The Labute approximate surface area is 106 Å². The van der Waals surface area contributed by atoms with Crippen molar-refractivity contribution in [1.82, 2.24) is 0 Å². The Morgan fingerprint density at radius 3 is 2.83 bits per heavy atom. The minimum absolute atomic E-state index is 0.0409. The molecular weight excluding hydrogens is 232 g/mol. The molecule has 2 saturated carbocycles. The third-order valence-electron chi connectivity index (χ3n) is 5.33. The highest BCUT2D eigenvalue weighted by atomic mass is 16.5. The van der Waals surface area contributed by atoms with Crippen molar-refractivity contribution in [3.05, 3.63) is 12.2 Å². The summed E-state index contributed by atoms with van der Waals surface area (Å²) >= 11 is 0. The Balaban J connectivity index is 1.52. The average molecular weight is 250 g/mol. The molecule has 7 atom stereocenters. The summed E-state index contributed by atoms with van der Waals surface area (Å²) in [6.45, 7) is 0.0401. The van der Waals surface area contributed by atoms with Crippen molar-refractivity contribution in [2.75, 3.05) is 13.2 Å². The minimum atomic E-state index is -0.109. The van der Waals surface area contributed by atoms with Crippen LogP contribution in [0.25, 0.3) is 0 Å². The van der Waals surface area contributed by atoms with E-state index in [4.69, 9.17) is 14.6 Å². The van der Waals surface area contributed by atoms with E-state index >= 15 is 0 Å². The first-order chi connectivity index (χ1) is 8.79. The van der Waals surface area contributed by atoms with E-state index in [2.05, 4.69) is 12.2 Å². The van der Waals surface area contributed by atoms with E-state index in [0.29, 0.717) is 29.8 Å². The van der Waals surface area contributed by atoms with E-state index in [0.717, 1.165) is 12.8 Å². The van der Waals surface area contributed by atoms with Gasteiger partial charge in [-0.1, -0.05) is 12.2 Å². The van der Waals surface area contributed by atoms with E-state index < -0.39 is 0 Å². The molecule has 0 aromatic heterocycles.